The number of aliphatic hydroxyl groups is 1. The summed E-state index contributed by atoms with van der Waals surface area (Å²) in [6.07, 6.45) is -0.753. The summed E-state index contributed by atoms with van der Waals surface area (Å²) >= 11 is 0.959. The van der Waals surface area contributed by atoms with E-state index in [0.29, 0.717) is 10.6 Å². The number of carbonyl (C=O) groups excluding carboxylic acids is 1. The van der Waals surface area contributed by atoms with Gasteiger partial charge in [-0.15, -0.1) is 5.10 Å². The Morgan fingerprint density at radius 3 is 2.60 bits per heavy atom. The fraction of sp³-hybridized carbons (Fsp3) is 0.667. The fourth-order valence-corrected chi connectivity index (χ4v) is 3.06. The molecule has 1 aromatic rings. The number of carboxylic acids is 1. The van der Waals surface area contributed by atoms with Crippen molar-refractivity contribution in [3.63, 3.8) is 0 Å². The quantitative estimate of drug-likeness (QED) is 0.824. The zero-order valence-electron chi connectivity index (χ0n) is 11.5. The summed E-state index contributed by atoms with van der Waals surface area (Å²) in [5, 5.41) is 22.7. The summed E-state index contributed by atoms with van der Waals surface area (Å²) in [7, 11) is 0. The zero-order valence-corrected chi connectivity index (χ0v) is 12.3. The van der Waals surface area contributed by atoms with Gasteiger partial charge in [-0.05, 0) is 11.5 Å². The smallest absolute Gasteiger partial charge is 0.326 e. The molecule has 0 bridgehead atoms. The predicted octanol–water partition coefficient (Wildman–Crippen LogP) is 0.496. The number of amides is 1. The number of hydrogen-bond donors (Lipinski definition) is 2. The Bertz CT molecular complexity index is 537. The summed E-state index contributed by atoms with van der Waals surface area (Å²) in [4.78, 5) is 25.2. The Labute approximate surface area is 120 Å². The number of carboxylic acid groups (broad SMARTS) is 1. The standard InChI is InChI=1S/C12H17N3O4S/c1-12(2,3)9-8(20-14-13-9)10(17)15-5-6(16)4-7(15)11(18)19/h6-7,16H,4-5H2,1-3H3,(H,18,19)/t6-,7-/m0/s1. The minimum atomic E-state index is -1.11. The second kappa shape index (κ2) is 5.10. The van der Waals surface area contributed by atoms with Crippen molar-refractivity contribution >= 4 is 23.4 Å². The van der Waals surface area contributed by atoms with Crippen LogP contribution in [0.4, 0.5) is 0 Å². The third-order valence-electron chi connectivity index (χ3n) is 3.22. The number of hydrogen-bond acceptors (Lipinski definition) is 6. The van der Waals surface area contributed by atoms with Gasteiger partial charge in [0.05, 0.1) is 11.8 Å². The fourth-order valence-electron chi connectivity index (χ4n) is 2.22. The Morgan fingerprint density at radius 2 is 2.05 bits per heavy atom. The molecule has 1 fully saturated rings. The van der Waals surface area contributed by atoms with Gasteiger partial charge in [0, 0.05) is 18.4 Å². The molecule has 0 aliphatic carbocycles. The highest BCUT2D eigenvalue weighted by Gasteiger charge is 2.41. The van der Waals surface area contributed by atoms with E-state index in [4.69, 9.17) is 5.11 Å². The van der Waals surface area contributed by atoms with Crippen LogP contribution in [-0.4, -0.2) is 55.3 Å². The minimum Gasteiger partial charge on any atom is -0.480 e. The van der Waals surface area contributed by atoms with Gasteiger partial charge in [0.2, 0.25) is 0 Å². The number of aromatic nitrogens is 2. The van der Waals surface area contributed by atoms with Crippen molar-refractivity contribution in [1.82, 2.24) is 14.5 Å². The lowest BCUT2D eigenvalue weighted by atomic mass is 9.91. The largest absolute Gasteiger partial charge is 0.480 e. The average Bonchev–Trinajstić information content (AvgIpc) is 2.92. The van der Waals surface area contributed by atoms with Crippen molar-refractivity contribution < 1.29 is 19.8 Å². The highest BCUT2D eigenvalue weighted by molar-refractivity contribution is 7.08. The van der Waals surface area contributed by atoms with Gasteiger partial charge in [-0.1, -0.05) is 25.3 Å². The molecule has 1 aromatic heterocycles. The lowest BCUT2D eigenvalue weighted by Crippen LogP contribution is -2.41. The molecule has 1 aliphatic heterocycles. The monoisotopic (exact) mass is 299 g/mol. The van der Waals surface area contributed by atoms with E-state index in [2.05, 4.69) is 9.59 Å². The van der Waals surface area contributed by atoms with Crippen LogP contribution in [0.25, 0.3) is 0 Å². The van der Waals surface area contributed by atoms with Gasteiger partial charge in [-0.2, -0.15) is 0 Å². The lowest BCUT2D eigenvalue weighted by Gasteiger charge is -2.22. The van der Waals surface area contributed by atoms with Crippen LogP contribution in [0.1, 0.15) is 42.6 Å². The van der Waals surface area contributed by atoms with Crippen LogP contribution in [-0.2, 0) is 10.2 Å². The molecule has 0 spiro atoms. The van der Waals surface area contributed by atoms with Crippen LogP contribution in [0.2, 0.25) is 0 Å². The molecular formula is C12H17N3O4S. The van der Waals surface area contributed by atoms with Crippen LogP contribution in [0.15, 0.2) is 0 Å². The molecule has 1 aliphatic rings. The van der Waals surface area contributed by atoms with Crippen LogP contribution >= 0.6 is 11.5 Å². The number of aliphatic carboxylic acids is 1. The minimum absolute atomic E-state index is 0.0251. The SMILES string of the molecule is CC(C)(C)c1nnsc1C(=O)N1C[C@@H](O)C[C@H]1C(=O)O. The third kappa shape index (κ3) is 2.66. The van der Waals surface area contributed by atoms with E-state index < -0.39 is 24.0 Å². The first-order valence-corrected chi connectivity index (χ1v) is 7.04. The lowest BCUT2D eigenvalue weighted by molar-refractivity contribution is -0.141. The predicted molar refractivity (Wildman–Crippen MR) is 71.7 cm³/mol. The molecule has 0 aromatic carbocycles. The first-order valence-electron chi connectivity index (χ1n) is 6.26. The summed E-state index contributed by atoms with van der Waals surface area (Å²) in [6.45, 7) is 5.76. The average molecular weight is 299 g/mol. The normalized spacial score (nSPS) is 23.1. The Kier molecular flexibility index (Phi) is 3.79. The van der Waals surface area contributed by atoms with Crippen molar-refractivity contribution in [2.24, 2.45) is 0 Å². The molecule has 1 saturated heterocycles. The van der Waals surface area contributed by atoms with E-state index in [-0.39, 0.29) is 18.4 Å². The zero-order chi connectivity index (χ0) is 15.1. The second-order valence-corrected chi connectivity index (χ2v) is 6.66. The molecule has 2 heterocycles. The number of nitrogens with zero attached hydrogens (tertiary/aromatic N) is 3. The molecule has 20 heavy (non-hydrogen) atoms. The highest BCUT2D eigenvalue weighted by Crippen LogP contribution is 2.29. The Hall–Kier alpha value is -1.54. The van der Waals surface area contributed by atoms with E-state index in [0.717, 1.165) is 11.5 Å². The van der Waals surface area contributed by atoms with Gasteiger partial charge in [0.15, 0.2) is 0 Å². The molecule has 2 N–H and O–H groups in total. The molecule has 8 heteroatoms. The summed E-state index contributed by atoms with van der Waals surface area (Å²) in [5.74, 6) is -1.53. The third-order valence-corrected chi connectivity index (χ3v) is 3.93. The number of β-amino-alcohol motifs (C(OH)–C–C–N with tert-alkyl or cyclic N) is 1. The second-order valence-electron chi connectivity index (χ2n) is 5.90. The number of rotatable bonds is 2. The molecule has 0 saturated carbocycles. The van der Waals surface area contributed by atoms with Crippen molar-refractivity contribution in [2.75, 3.05) is 6.54 Å². The van der Waals surface area contributed by atoms with Crippen molar-refractivity contribution in [3.05, 3.63) is 10.6 Å². The van der Waals surface area contributed by atoms with Crippen LogP contribution in [0, 0.1) is 0 Å². The van der Waals surface area contributed by atoms with Crippen molar-refractivity contribution in [2.45, 2.75) is 44.8 Å². The molecule has 0 radical (unpaired) electrons. The summed E-state index contributed by atoms with van der Waals surface area (Å²) in [5.41, 5.74) is 0.202. The highest BCUT2D eigenvalue weighted by atomic mass is 32.1. The van der Waals surface area contributed by atoms with Crippen molar-refractivity contribution in [3.8, 4) is 0 Å². The van der Waals surface area contributed by atoms with Gasteiger partial charge >= 0.3 is 5.97 Å². The van der Waals surface area contributed by atoms with Crippen molar-refractivity contribution in [1.29, 1.82) is 0 Å². The van der Waals surface area contributed by atoms with Gasteiger partial charge in [-0.25, -0.2) is 4.79 Å². The maximum absolute atomic E-state index is 12.5. The summed E-state index contributed by atoms with van der Waals surface area (Å²) < 4.78 is 3.80. The van der Waals surface area contributed by atoms with Gasteiger partial charge in [0.25, 0.3) is 5.91 Å². The molecule has 2 atom stereocenters. The maximum Gasteiger partial charge on any atom is 0.326 e. The number of likely N-dealkylation sites (tertiary alicyclic amines) is 1. The van der Waals surface area contributed by atoms with Gasteiger partial charge < -0.3 is 15.1 Å². The molecule has 1 amide bonds. The van der Waals surface area contributed by atoms with E-state index in [9.17, 15) is 14.7 Å². The number of carbonyl (C=O) groups is 2. The summed E-state index contributed by atoms with van der Waals surface area (Å²) in [6, 6.07) is -0.993. The van der Waals surface area contributed by atoms with Crippen LogP contribution in [0.3, 0.4) is 0 Å². The maximum atomic E-state index is 12.5. The van der Waals surface area contributed by atoms with E-state index in [1.165, 1.54) is 4.90 Å². The molecular weight excluding hydrogens is 282 g/mol. The topological polar surface area (TPSA) is 104 Å². The van der Waals surface area contributed by atoms with Gasteiger partial charge in [-0.3, -0.25) is 4.79 Å². The Balaban J connectivity index is 2.32. The first-order chi connectivity index (χ1) is 9.21. The number of aliphatic hydroxyl groups excluding tert-OH is 1. The Morgan fingerprint density at radius 1 is 1.40 bits per heavy atom. The van der Waals surface area contributed by atoms with E-state index in [1.807, 2.05) is 20.8 Å². The molecule has 110 valence electrons. The molecule has 2 rings (SSSR count). The van der Waals surface area contributed by atoms with Crippen LogP contribution < -0.4 is 0 Å². The van der Waals surface area contributed by atoms with E-state index in [1.54, 1.807) is 0 Å². The molecule has 7 nitrogen and oxygen atoms in total. The van der Waals surface area contributed by atoms with Gasteiger partial charge in [0.1, 0.15) is 10.9 Å². The molecule has 0 unspecified atom stereocenters. The van der Waals surface area contributed by atoms with Crippen LogP contribution in [0.5, 0.6) is 0 Å². The van der Waals surface area contributed by atoms with E-state index >= 15 is 0 Å². The first kappa shape index (κ1) is 14.9.